The monoisotopic (exact) mass is 352 g/mol. The van der Waals surface area contributed by atoms with Gasteiger partial charge in [0.05, 0.1) is 23.1 Å². The summed E-state index contributed by atoms with van der Waals surface area (Å²) in [5.74, 6) is 0.454. The van der Waals surface area contributed by atoms with Gasteiger partial charge < -0.3 is 5.73 Å². The molecule has 0 atom stereocenters. The summed E-state index contributed by atoms with van der Waals surface area (Å²) in [7, 11) is -3.37. The van der Waals surface area contributed by atoms with Crippen LogP contribution >= 0.6 is 11.3 Å². The molecule has 2 N–H and O–H groups in total. The van der Waals surface area contributed by atoms with E-state index in [4.69, 9.17) is 9.92 Å². The van der Waals surface area contributed by atoms with Gasteiger partial charge in [0.25, 0.3) is 10.1 Å². The molecular formula is C14H16N4O3S2. The first-order chi connectivity index (χ1) is 10.9. The van der Waals surface area contributed by atoms with Crippen LogP contribution in [-0.4, -0.2) is 36.0 Å². The molecule has 23 heavy (non-hydrogen) atoms. The Labute approximate surface area is 137 Å². The Bertz CT molecular complexity index is 931. The molecule has 0 fully saturated rings. The standard InChI is InChI=1S/C14H16N4O3S2/c1-23(19,20)21-8-2-3-10-4-5-11-12(9-10)22-14(16-11)18-7-6-13(15)17-18/h4-7,9H,2-3,8H2,1H3,(H2,15,17). The average molecular weight is 352 g/mol. The highest BCUT2D eigenvalue weighted by Crippen LogP contribution is 2.26. The Morgan fingerprint density at radius 2 is 2.17 bits per heavy atom. The summed E-state index contributed by atoms with van der Waals surface area (Å²) in [4.78, 5) is 4.53. The number of hydrogen-bond donors (Lipinski definition) is 1. The summed E-state index contributed by atoms with van der Waals surface area (Å²) in [5.41, 5.74) is 7.64. The van der Waals surface area contributed by atoms with Crippen molar-refractivity contribution in [2.75, 3.05) is 18.6 Å². The summed E-state index contributed by atoms with van der Waals surface area (Å²) in [6.45, 7) is 0.192. The summed E-state index contributed by atoms with van der Waals surface area (Å²) in [6.07, 6.45) is 4.21. The van der Waals surface area contributed by atoms with E-state index in [1.54, 1.807) is 16.9 Å². The lowest BCUT2D eigenvalue weighted by Gasteiger charge is -2.02. The van der Waals surface area contributed by atoms with Gasteiger partial charge in [0.2, 0.25) is 5.13 Å². The third-order valence-electron chi connectivity index (χ3n) is 3.15. The molecule has 0 bridgehead atoms. The molecule has 3 aromatic rings. The van der Waals surface area contributed by atoms with Gasteiger partial charge in [0, 0.05) is 12.3 Å². The SMILES string of the molecule is CS(=O)(=O)OCCCc1ccc2nc(-n3ccc(N)n3)sc2c1. The molecule has 0 unspecified atom stereocenters. The van der Waals surface area contributed by atoms with E-state index < -0.39 is 10.1 Å². The highest BCUT2D eigenvalue weighted by Gasteiger charge is 2.08. The molecule has 0 amide bonds. The van der Waals surface area contributed by atoms with Crippen LogP contribution < -0.4 is 5.73 Å². The molecule has 122 valence electrons. The fraction of sp³-hybridized carbons (Fsp3) is 0.286. The van der Waals surface area contributed by atoms with Crippen LogP contribution in [0.15, 0.2) is 30.5 Å². The smallest absolute Gasteiger partial charge is 0.264 e. The van der Waals surface area contributed by atoms with E-state index >= 15 is 0 Å². The van der Waals surface area contributed by atoms with Crippen molar-refractivity contribution in [1.29, 1.82) is 0 Å². The molecule has 9 heteroatoms. The van der Waals surface area contributed by atoms with E-state index in [2.05, 4.69) is 16.1 Å². The van der Waals surface area contributed by atoms with Gasteiger partial charge in [0.1, 0.15) is 5.82 Å². The maximum absolute atomic E-state index is 10.9. The minimum absolute atomic E-state index is 0.192. The average Bonchev–Trinajstić information content (AvgIpc) is 3.08. The Morgan fingerprint density at radius 3 is 2.87 bits per heavy atom. The van der Waals surface area contributed by atoms with E-state index in [9.17, 15) is 8.42 Å². The van der Waals surface area contributed by atoms with Crippen LogP contribution in [0.4, 0.5) is 5.82 Å². The third kappa shape index (κ3) is 4.06. The number of anilines is 1. The van der Waals surface area contributed by atoms with Gasteiger partial charge in [0.15, 0.2) is 0 Å². The molecule has 0 spiro atoms. The van der Waals surface area contributed by atoms with Gasteiger partial charge in [-0.3, -0.25) is 4.18 Å². The fourth-order valence-corrected chi connectivity index (χ4v) is 3.53. The second kappa shape index (κ2) is 6.26. The van der Waals surface area contributed by atoms with Crippen molar-refractivity contribution in [3.05, 3.63) is 36.0 Å². The first-order valence-electron chi connectivity index (χ1n) is 6.96. The van der Waals surface area contributed by atoms with Gasteiger partial charge >= 0.3 is 0 Å². The van der Waals surface area contributed by atoms with E-state index in [0.717, 1.165) is 33.6 Å². The zero-order valence-corrected chi connectivity index (χ0v) is 14.1. The normalized spacial score (nSPS) is 12.0. The zero-order chi connectivity index (χ0) is 16.4. The van der Waals surface area contributed by atoms with E-state index in [0.29, 0.717) is 12.2 Å². The van der Waals surface area contributed by atoms with Gasteiger partial charge in [-0.05, 0) is 30.5 Å². The number of benzene rings is 1. The molecule has 0 saturated carbocycles. The highest BCUT2D eigenvalue weighted by atomic mass is 32.2. The largest absolute Gasteiger partial charge is 0.382 e. The Hall–Kier alpha value is -1.97. The number of nitrogen functional groups attached to an aromatic ring is 1. The summed E-state index contributed by atoms with van der Waals surface area (Å²) in [6, 6.07) is 7.72. The number of fused-ring (bicyclic) bond motifs is 1. The first-order valence-corrected chi connectivity index (χ1v) is 9.59. The molecule has 3 rings (SSSR count). The minimum atomic E-state index is -3.37. The lowest BCUT2D eigenvalue weighted by atomic mass is 10.1. The van der Waals surface area contributed by atoms with Crippen LogP contribution in [0.25, 0.3) is 15.3 Å². The Morgan fingerprint density at radius 1 is 1.35 bits per heavy atom. The van der Waals surface area contributed by atoms with Crippen molar-refractivity contribution >= 4 is 37.5 Å². The predicted molar refractivity (Wildman–Crippen MR) is 90.3 cm³/mol. The number of nitrogens with zero attached hydrogens (tertiary/aromatic N) is 3. The molecule has 1 aromatic carbocycles. The number of rotatable bonds is 6. The number of nitrogens with two attached hydrogens (primary N) is 1. The topological polar surface area (TPSA) is 100 Å². The quantitative estimate of drug-likeness (QED) is 0.538. The van der Waals surface area contributed by atoms with Crippen LogP contribution in [0.3, 0.4) is 0 Å². The van der Waals surface area contributed by atoms with Crippen molar-refractivity contribution in [3.63, 3.8) is 0 Å². The molecule has 7 nitrogen and oxygen atoms in total. The van der Waals surface area contributed by atoms with Gasteiger partial charge in [-0.15, -0.1) is 5.10 Å². The molecule has 0 radical (unpaired) electrons. The second-order valence-electron chi connectivity index (χ2n) is 5.11. The maximum Gasteiger partial charge on any atom is 0.264 e. The van der Waals surface area contributed by atoms with E-state index in [1.165, 1.54) is 11.3 Å². The number of thiazole rings is 1. The van der Waals surface area contributed by atoms with Crippen molar-refractivity contribution in [2.45, 2.75) is 12.8 Å². The van der Waals surface area contributed by atoms with E-state index in [-0.39, 0.29) is 6.61 Å². The number of aryl methyl sites for hydroxylation is 1. The van der Waals surface area contributed by atoms with Gasteiger partial charge in [-0.2, -0.15) is 8.42 Å². The lowest BCUT2D eigenvalue weighted by molar-refractivity contribution is 0.316. The van der Waals surface area contributed by atoms with Crippen LogP contribution in [0, 0.1) is 0 Å². The first kappa shape index (κ1) is 15.9. The van der Waals surface area contributed by atoms with Crippen LogP contribution in [0.2, 0.25) is 0 Å². The van der Waals surface area contributed by atoms with E-state index in [1.807, 2.05) is 12.1 Å². The molecular weight excluding hydrogens is 336 g/mol. The van der Waals surface area contributed by atoms with Crippen LogP contribution in [-0.2, 0) is 20.7 Å². The molecule has 0 aliphatic rings. The number of aromatic nitrogens is 3. The van der Waals surface area contributed by atoms with Crippen molar-refractivity contribution in [3.8, 4) is 5.13 Å². The third-order valence-corrected chi connectivity index (χ3v) is 4.76. The zero-order valence-electron chi connectivity index (χ0n) is 12.5. The molecule has 0 saturated heterocycles. The lowest BCUT2D eigenvalue weighted by Crippen LogP contribution is -2.04. The second-order valence-corrected chi connectivity index (χ2v) is 7.77. The number of hydrogen-bond acceptors (Lipinski definition) is 7. The summed E-state index contributed by atoms with van der Waals surface area (Å²) >= 11 is 1.53. The summed E-state index contributed by atoms with van der Waals surface area (Å²) < 4.78 is 29.3. The van der Waals surface area contributed by atoms with Crippen LogP contribution in [0.5, 0.6) is 0 Å². The maximum atomic E-state index is 10.9. The van der Waals surface area contributed by atoms with Gasteiger partial charge in [-0.25, -0.2) is 9.67 Å². The predicted octanol–water partition coefficient (Wildman–Crippen LogP) is 1.97. The molecule has 0 aliphatic carbocycles. The minimum Gasteiger partial charge on any atom is -0.382 e. The van der Waals surface area contributed by atoms with Crippen molar-refractivity contribution < 1.29 is 12.6 Å². The van der Waals surface area contributed by atoms with Gasteiger partial charge in [-0.1, -0.05) is 17.4 Å². The Kier molecular flexibility index (Phi) is 4.33. The molecule has 2 aromatic heterocycles. The van der Waals surface area contributed by atoms with Crippen molar-refractivity contribution in [2.24, 2.45) is 0 Å². The molecule has 0 aliphatic heterocycles. The van der Waals surface area contributed by atoms with Crippen molar-refractivity contribution in [1.82, 2.24) is 14.8 Å². The fourth-order valence-electron chi connectivity index (χ4n) is 2.14. The van der Waals surface area contributed by atoms with Crippen LogP contribution in [0.1, 0.15) is 12.0 Å². The summed E-state index contributed by atoms with van der Waals surface area (Å²) in [5, 5.41) is 4.91. The highest BCUT2D eigenvalue weighted by molar-refractivity contribution is 7.85. The Balaban J connectivity index is 1.72. The molecule has 2 heterocycles.